The number of guanidine groups is 1. The molecule has 0 unspecified atom stereocenters. The van der Waals surface area contributed by atoms with E-state index in [4.69, 9.17) is 4.42 Å². The Bertz CT molecular complexity index is 971. The molecule has 0 saturated heterocycles. The maximum absolute atomic E-state index is 11.7. The van der Waals surface area contributed by atoms with Crippen molar-refractivity contribution >= 4 is 16.9 Å². The Morgan fingerprint density at radius 1 is 1.11 bits per heavy atom. The number of nitrogens with one attached hydrogen (secondary N) is 2. The van der Waals surface area contributed by atoms with Crippen LogP contribution in [0.4, 0.5) is 0 Å². The predicted octanol–water partition coefficient (Wildman–Crippen LogP) is 3.05. The summed E-state index contributed by atoms with van der Waals surface area (Å²) in [6.45, 7) is 4.18. The third-order valence-corrected chi connectivity index (χ3v) is 4.60. The number of aliphatic imine (C=N–C) groups is 1. The molecular formula is C21H26N4O2. The molecule has 0 fully saturated rings. The van der Waals surface area contributed by atoms with Gasteiger partial charge < -0.3 is 19.6 Å². The van der Waals surface area contributed by atoms with Crippen LogP contribution in [0.2, 0.25) is 0 Å². The SMILES string of the molecule is CN=C(NCCCCn1ccccc1=O)NCc1oc2ccccc2c1C. The van der Waals surface area contributed by atoms with Crippen molar-refractivity contribution in [3.63, 3.8) is 0 Å². The number of hydrogen-bond donors (Lipinski definition) is 2. The third kappa shape index (κ3) is 4.78. The molecule has 0 bridgehead atoms. The van der Waals surface area contributed by atoms with Gasteiger partial charge in [-0.05, 0) is 31.9 Å². The van der Waals surface area contributed by atoms with Gasteiger partial charge in [0.2, 0.25) is 5.56 Å². The van der Waals surface area contributed by atoms with E-state index in [9.17, 15) is 4.79 Å². The lowest BCUT2D eigenvalue weighted by atomic mass is 10.1. The van der Waals surface area contributed by atoms with E-state index >= 15 is 0 Å². The number of rotatable bonds is 7. The van der Waals surface area contributed by atoms with E-state index in [1.165, 1.54) is 0 Å². The molecule has 3 aromatic rings. The maximum Gasteiger partial charge on any atom is 0.250 e. The van der Waals surface area contributed by atoms with Crippen LogP contribution < -0.4 is 16.2 Å². The smallest absolute Gasteiger partial charge is 0.250 e. The minimum atomic E-state index is 0.0455. The van der Waals surface area contributed by atoms with Gasteiger partial charge in [0.25, 0.3) is 0 Å². The van der Waals surface area contributed by atoms with Gasteiger partial charge in [0, 0.05) is 43.4 Å². The summed E-state index contributed by atoms with van der Waals surface area (Å²) in [4.78, 5) is 15.9. The van der Waals surface area contributed by atoms with Gasteiger partial charge >= 0.3 is 0 Å². The van der Waals surface area contributed by atoms with Gasteiger partial charge in [-0.15, -0.1) is 0 Å². The number of pyridine rings is 1. The zero-order valence-corrected chi connectivity index (χ0v) is 15.9. The average molecular weight is 366 g/mol. The van der Waals surface area contributed by atoms with Crippen LogP contribution in [-0.2, 0) is 13.1 Å². The average Bonchev–Trinajstić information content (AvgIpc) is 3.01. The first-order valence-corrected chi connectivity index (χ1v) is 9.26. The Labute approximate surface area is 158 Å². The molecular weight excluding hydrogens is 340 g/mol. The molecule has 27 heavy (non-hydrogen) atoms. The highest BCUT2D eigenvalue weighted by Crippen LogP contribution is 2.24. The Morgan fingerprint density at radius 3 is 2.70 bits per heavy atom. The monoisotopic (exact) mass is 366 g/mol. The summed E-state index contributed by atoms with van der Waals surface area (Å²) in [5.41, 5.74) is 2.11. The first-order chi connectivity index (χ1) is 13.2. The van der Waals surface area contributed by atoms with Crippen LogP contribution in [0.1, 0.15) is 24.2 Å². The summed E-state index contributed by atoms with van der Waals surface area (Å²) in [6.07, 6.45) is 3.70. The second-order valence-corrected chi connectivity index (χ2v) is 6.44. The van der Waals surface area contributed by atoms with Crippen molar-refractivity contribution in [2.24, 2.45) is 4.99 Å². The molecule has 0 aliphatic rings. The van der Waals surface area contributed by atoms with Gasteiger partial charge in [-0.25, -0.2) is 0 Å². The highest BCUT2D eigenvalue weighted by Gasteiger charge is 2.10. The minimum Gasteiger partial charge on any atom is -0.459 e. The van der Waals surface area contributed by atoms with Crippen molar-refractivity contribution < 1.29 is 4.42 Å². The molecule has 0 amide bonds. The van der Waals surface area contributed by atoms with Gasteiger partial charge in [0.1, 0.15) is 11.3 Å². The fraction of sp³-hybridized carbons (Fsp3) is 0.333. The number of para-hydroxylation sites is 1. The number of unbranched alkanes of at least 4 members (excludes halogenated alkanes) is 1. The van der Waals surface area contributed by atoms with E-state index in [0.29, 0.717) is 6.54 Å². The summed E-state index contributed by atoms with van der Waals surface area (Å²) < 4.78 is 7.65. The summed E-state index contributed by atoms with van der Waals surface area (Å²) in [5, 5.41) is 7.75. The lowest BCUT2D eigenvalue weighted by Gasteiger charge is -2.11. The molecule has 0 atom stereocenters. The molecule has 0 saturated carbocycles. The fourth-order valence-corrected chi connectivity index (χ4v) is 3.04. The van der Waals surface area contributed by atoms with Gasteiger partial charge in [-0.3, -0.25) is 9.79 Å². The normalized spacial score (nSPS) is 11.7. The zero-order chi connectivity index (χ0) is 19.1. The molecule has 2 aromatic heterocycles. The molecule has 6 heteroatoms. The van der Waals surface area contributed by atoms with Crippen molar-refractivity contribution in [1.82, 2.24) is 15.2 Å². The van der Waals surface area contributed by atoms with Crippen molar-refractivity contribution in [3.8, 4) is 0 Å². The van der Waals surface area contributed by atoms with Crippen LogP contribution >= 0.6 is 0 Å². The number of benzene rings is 1. The predicted molar refractivity (Wildman–Crippen MR) is 109 cm³/mol. The quantitative estimate of drug-likeness (QED) is 0.383. The van der Waals surface area contributed by atoms with Gasteiger partial charge in [0.05, 0.1) is 6.54 Å². The number of aryl methyl sites for hydroxylation is 2. The molecule has 142 valence electrons. The third-order valence-electron chi connectivity index (χ3n) is 4.60. The zero-order valence-electron chi connectivity index (χ0n) is 15.9. The molecule has 0 spiro atoms. The Morgan fingerprint density at radius 2 is 1.93 bits per heavy atom. The highest BCUT2D eigenvalue weighted by atomic mass is 16.3. The summed E-state index contributed by atoms with van der Waals surface area (Å²) in [5.74, 6) is 1.66. The second kappa shape index (κ2) is 9.07. The summed E-state index contributed by atoms with van der Waals surface area (Å²) >= 11 is 0. The molecule has 6 nitrogen and oxygen atoms in total. The standard InChI is InChI=1S/C21H26N4O2/c1-16-17-9-3-4-10-18(17)27-19(16)15-24-21(22-2)23-12-6-8-14-25-13-7-5-11-20(25)26/h3-5,7,9-11,13H,6,8,12,14-15H2,1-2H3,(H2,22,23,24). The van der Waals surface area contributed by atoms with E-state index in [-0.39, 0.29) is 5.56 Å². The molecule has 2 heterocycles. The van der Waals surface area contributed by atoms with E-state index in [1.807, 2.05) is 30.5 Å². The molecule has 0 aliphatic carbocycles. The van der Waals surface area contributed by atoms with Crippen LogP contribution in [0.15, 0.2) is 62.9 Å². The molecule has 0 aliphatic heterocycles. The molecule has 2 N–H and O–H groups in total. The Hall–Kier alpha value is -3.02. The second-order valence-electron chi connectivity index (χ2n) is 6.44. The highest BCUT2D eigenvalue weighted by molar-refractivity contribution is 5.82. The van der Waals surface area contributed by atoms with Crippen LogP contribution in [0.25, 0.3) is 11.0 Å². The number of fused-ring (bicyclic) bond motifs is 1. The lowest BCUT2D eigenvalue weighted by molar-refractivity contribution is 0.533. The van der Waals surface area contributed by atoms with Gasteiger partial charge in [-0.1, -0.05) is 24.3 Å². The maximum atomic E-state index is 11.7. The number of furan rings is 1. The lowest BCUT2D eigenvalue weighted by Crippen LogP contribution is -2.37. The van der Waals surface area contributed by atoms with Crippen molar-refractivity contribution in [2.75, 3.05) is 13.6 Å². The minimum absolute atomic E-state index is 0.0455. The van der Waals surface area contributed by atoms with E-state index in [1.54, 1.807) is 23.7 Å². The van der Waals surface area contributed by atoms with E-state index < -0.39 is 0 Å². The first kappa shape index (κ1) is 18.8. The van der Waals surface area contributed by atoms with E-state index in [0.717, 1.165) is 54.2 Å². The van der Waals surface area contributed by atoms with Crippen LogP contribution in [0.3, 0.4) is 0 Å². The summed E-state index contributed by atoms with van der Waals surface area (Å²) in [6, 6.07) is 13.3. The Balaban J connectivity index is 1.43. The van der Waals surface area contributed by atoms with Crippen LogP contribution in [0.5, 0.6) is 0 Å². The van der Waals surface area contributed by atoms with Crippen LogP contribution in [0, 0.1) is 6.92 Å². The van der Waals surface area contributed by atoms with Crippen molar-refractivity contribution in [3.05, 3.63) is 70.3 Å². The van der Waals surface area contributed by atoms with Gasteiger partial charge in [-0.2, -0.15) is 0 Å². The molecule has 3 rings (SSSR count). The number of nitrogens with zero attached hydrogens (tertiary/aromatic N) is 2. The Kier molecular flexibility index (Phi) is 6.30. The van der Waals surface area contributed by atoms with Crippen molar-refractivity contribution in [1.29, 1.82) is 0 Å². The largest absolute Gasteiger partial charge is 0.459 e. The fourth-order valence-electron chi connectivity index (χ4n) is 3.04. The molecule has 1 aromatic carbocycles. The van der Waals surface area contributed by atoms with E-state index in [2.05, 4.69) is 28.6 Å². The first-order valence-electron chi connectivity index (χ1n) is 9.26. The van der Waals surface area contributed by atoms with Crippen molar-refractivity contribution in [2.45, 2.75) is 32.9 Å². The topological polar surface area (TPSA) is 71.6 Å². The molecule has 0 radical (unpaired) electrons. The summed E-state index contributed by atoms with van der Waals surface area (Å²) in [7, 11) is 1.75. The number of aromatic nitrogens is 1. The number of hydrogen-bond acceptors (Lipinski definition) is 3. The van der Waals surface area contributed by atoms with Crippen LogP contribution in [-0.4, -0.2) is 24.1 Å². The van der Waals surface area contributed by atoms with Gasteiger partial charge in [0.15, 0.2) is 5.96 Å².